The maximum atomic E-state index is 5.91. The standard InChI is InChI=1S/C18H15N2O.C14H14N.Ir/c1-13(2)19-9-10-20(12-19)14-7-8-16-15-5-3-4-6-17(15)21-18(16)11-14;1-10-4-6-13(7-5-10)14-8-11(2)12(3)9-15-14;/h3-6,8-11,13H,1-2H3;4-6,8-9H,1-3H3;/q+1;-1;. The second-order valence-electron chi connectivity index (χ2n) is 9.40. The van der Waals surface area contributed by atoms with Crippen LogP contribution < -0.4 is 0 Å². The molecule has 0 spiro atoms. The molecule has 3 aromatic carbocycles. The van der Waals surface area contributed by atoms with E-state index in [2.05, 4.69) is 82.0 Å². The van der Waals surface area contributed by atoms with Gasteiger partial charge in [0.2, 0.25) is 6.20 Å². The first-order valence-electron chi connectivity index (χ1n) is 12.2. The first-order chi connectivity index (χ1) is 17.4. The molecule has 1 aliphatic heterocycles. The fourth-order valence-corrected chi connectivity index (χ4v) is 3.98. The Hall–Kier alpha value is -3.62. The van der Waals surface area contributed by atoms with Gasteiger partial charge in [-0.25, -0.2) is 0 Å². The van der Waals surface area contributed by atoms with Gasteiger partial charge in [-0.3, -0.25) is 0 Å². The quantitative estimate of drug-likeness (QED) is 0.147. The first kappa shape index (κ1) is 26.4. The molecule has 0 atom stereocenters. The van der Waals surface area contributed by atoms with Crippen molar-refractivity contribution < 1.29 is 33.7 Å². The molecule has 5 heteroatoms. The number of rotatable bonds is 3. The Morgan fingerprint density at radius 2 is 1.68 bits per heavy atom. The van der Waals surface area contributed by atoms with E-state index in [9.17, 15) is 0 Å². The van der Waals surface area contributed by atoms with Crippen LogP contribution >= 0.6 is 0 Å². The van der Waals surface area contributed by atoms with E-state index >= 15 is 0 Å². The van der Waals surface area contributed by atoms with Crippen molar-refractivity contribution in [1.82, 2.24) is 4.98 Å². The molecule has 187 valence electrons. The minimum atomic E-state index is 0. The Labute approximate surface area is 231 Å². The molecule has 0 saturated heterocycles. The molecule has 0 saturated carbocycles. The molecular formula is C32H29IrN3O. The predicted octanol–water partition coefficient (Wildman–Crippen LogP) is 7.58. The minimum absolute atomic E-state index is 0. The number of fused-ring (bicyclic) bond motifs is 3. The summed E-state index contributed by atoms with van der Waals surface area (Å²) in [6.45, 7) is 10.5. The topological polar surface area (TPSA) is 32.0 Å². The van der Waals surface area contributed by atoms with Crippen LogP contribution in [-0.4, -0.2) is 26.2 Å². The van der Waals surface area contributed by atoms with Crippen molar-refractivity contribution in [1.29, 1.82) is 0 Å². The number of aryl methyl sites for hydroxylation is 3. The molecule has 0 unspecified atom stereocenters. The molecule has 3 heterocycles. The number of hydrogen-bond acceptors (Lipinski definition) is 2. The smallest absolute Gasteiger partial charge is 0.483 e. The van der Waals surface area contributed by atoms with Crippen molar-refractivity contribution in [2.75, 3.05) is 0 Å². The van der Waals surface area contributed by atoms with Crippen molar-refractivity contribution in [3.05, 3.63) is 108 Å². The summed E-state index contributed by atoms with van der Waals surface area (Å²) in [6.07, 6.45) is 5.92. The fraction of sp³-hybridized carbons (Fsp3) is 0.188. The SMILES string of the molecule is CC(C)[N+]1=C=[N+](c2[c-]cc3c(c2)oc2ccccc23)C=C1.Cc1c[c-]c(-c2cc(C)c(C)cn2)cc1.[Ir]. The Bertz CT molecular complexity index is 1670. The monoisotopic (exact) mass is 664 g/mol. The molecule has 0 amide bonds. The predicted molar refractivity (Wildman–Crippen MR) is 145 cm³/mol. The third kappa shape index (κ3) is 5.70. The molecule has 1 radical (unpaired) electrons. The van der Waals surface area contributed by atoms with Gasteiger partial charge in [0.1, 0.15) is 11.3 Å². The molecule has 5 aromatic rings. The summed E-state index contributed by atoms with van der Waals surface area (Å²) in [5.74, 6) is 0. The van der Waals surface area contributed by atoms with Crippen LogP contribution in [-0.2, 0) is 20.1 Å². The number of benzene rings is 3. The molecule has 0 fully saturated rings. The fourth-order valence-electron chi connectivity index (χ4n) is 3.98. The maximum absolute atomic E-state index is 5.91. The zero-order valence-corrected chi connectivity index (χ0v) is 24.1. The van der Waals surface area contributed by atoms with Crippen LogP contribution in [0, 0.1) is 32.9 Å². The molecule has 4 nitrogen and oxygen atoms in total. The zero-order valence-electron chi connectivity index (χ0n) is 21.7. The van der Waals surface area contributed by atoms with E-state index in [1.165, 1.54) is 16.7 Å². The summed E-state index contributed by atoms with van der Waals surface area (Å²) in [6, 6.07) is 30.6. The Kier molecular flexibility index (Phi) is 8.00. The van der Waals surface area contributed by atoms with Crippen molar-refractivity contribution in [3.63, 3.8) is 0 Å². The van der Waals surface area contributed by atoms with Crippen molar-refractivity contribution in [3.8, 4) is 11.3 Å². The average molecular weight is 664 g/mol. The van der Waals surface area contributed by atoms with Crippen molar-refractivity contribution in [2.45, 2.75) is 40.7 Å². The first-order valence-corrected chi connectivity index (χ1v) is 12.2. The molecule has 0 bridgehead atoms. The van der Waals surface area contributed by atoms with Crippen molar-refractivity contribution in [2.24, 2.45) is 0 Å². The van der Waals surface area contributed by atoms with Gasteiger partial charge in [0.05, 0.1) is 0 Å². The van der Waals surface area contributed by atoms with Crippen LogP contribution in [0.25, 0.3) is 33.2 Å². The number of nitrogens with zero attached hydrogens (tertiary/aromatic N) is 3. The van der Waals surface area contributed by atoms with Gasteiger partial charge in [-0.1, -0.05) is 57.4 Å². The summed E-state index contributed by atoms with van der Waals surface area (Å²) < 4.78 is 9.89. The second-order valence-corrected chi connectivity index (χ2v) is 9.40. The molecule has 0 N–H and O–H groups in total. The van der Waals surface area contributed by atoms with E-state index in [0.717, 1.165) is 38.9 Å². The van der Waals surface area contributed by atoms with Gasteiger partial charge >= 0.3 is 6.01 Å². The molecule has 0 aliphatic carbocycles. The van der Waals surface area contributed by atoms with Crippen molar-refractivity contribution >= 4 is 33.6 Å². The average Bonchev–Trinajstić information content (AvgIpc) is 3.52. The van der Waals surface area contributed by atoms with Crippen LogP contribution in [0.5, 0.6) is 0 Å². The van der Waals surface area contributed by atoms with E-state index in [0.29, 0.717) is 6.04 Å². The van der Waals surface area contributed by atoms with E-state index in [-0.39, 0.29) is 20.1 Å². The van der Waals surface area contributed by atoms with E-state index in [1.807, 2.05) is 64.1 Å². The van der Waals surface area contributed by atoms with E-state index in [1.54, 1.807) is 0 Å². The Balaban J connectivity index is 0.000000178. The van der Waals surface area contributed by atoms with Gasteiger partial charge in [0, 0.05) is 31.9 Å². The molecular weight excluding hydrogens is 635 g/mol. The number of para-hydroxylation sites is 1. The van der Waals surface area contributed by atoms with Gasteiger partial charge in [-0.05, 0) is 50.4 Å². The zero-order chi connectivity index (χ0) is 25.2. The normalized spacial score (nSPS) is 12.3. The minimum Gasteiger partial charge on any atom is -0.483 e. The Morgan fingerprint density at radius 1 is 0.865 bits per heavy atom. The largest absolute Gasteiger partial charge is 0.493 e. The summed E-state index contributed by atoms with van der Waals surface area (Å²) in [7, 11) is 0. The van der Waals surface area contributed by atoms with E-state index in [4.69, 9.17) is 4.42 Å². The summed E-state index contributed by atoms with van der Waals surface area (Å²) in [5, 5.41) is 2.22. The molecule has 1 aliphatic rings. The van der Waals surface area contributed by atoms with E-state index < -0.39 is 0 Å². The third-order valence-electron chi connectivity index (χ3n) is 6.33. The molecule has 2 aromatic heterocycles. The van der Waals surface area contributed by atoms with Gasteiger partial charge in [0.25, 0.3) is 6.20 Å². The maximum Gasteiger partial charge on any atom is 0.493 e. The Morgan fingerprint density at radius 3 is 2.38 bits per heavy atom. The number of pyridine rings is 1. The molecule has 6 rings (SSSR count). The third-order valence-corrected chi connectivity index (χ3v) is 6.33. The molecule has 37 heavy (non-hydrogen) atoms. The summed E-state index contributed by atoms with van der Waals surface area (Å²) >= 11 is 0. The van der Waals surface area contributed by atoms with Crippen LogP contribution in [0.2, 0.25) is 0 Å². The number of hydrogen-bond donors (Lipinski definition) is 0. The second kappa shape index (κ2) is 11.2. The van der Waals surface area contributed by atoms with Gasteiger partial charge in [-0.2, -0.15) is 6.07 Å². The van der Waals surface area contributed by atoms with Crippen LogP contribution in [0.15, 0.2) is 83.7 Å². The van der Waals surface area contributed by atoms with Gasteiger partial charge in [0.15, 0.2) is 6.04 Å². The van der Waals surface area contributed by atoms with Crippen LogP contribution in [0.1, 0.15) is 30.5 Å². The van der Waals surface area contributed by atoms with Gasteiger partial charge < -0.3 is 9.40 Å². The number of furan rings is 1. The van der Waals surface area contributed by atoms with Gasteiger partial charge in [-0.15, -0.1) is 41.5 Å². The number of aromatic nitrogens is 1. The van der Waals surface area contributed by atoms with Crippen LogP contribution in [0.3, 0.4) is 0 Å². The van der Waals surface area contributed by atoms with Crippen LogP contribution in [0.4, 0.5) is 5.69 Å². The summed E-state index contributed by atoms with van der Waals surface area (Å²) in [5.41, 5.74) is 8.50. The summed E-state index contributed by atoms with van der Waals surface area (Å²) in [4.78, 5) is 4.41.